The summed E-state index contributed by atoms with van der Waals surface area (Å²) >= 11 is 0. The summed E-state index contributed by atoms with van der Waals surface area (Å²) in [4.78, 5) is 12.9. The van der Waals surface area contributed by atoms with Gasteiger partial charge in [-0.3, -0.25) is 13.9 Å². The van der Waals surface area contributed by atoms with Gasteiger partial charge in [0.1, 0.15) is 5.60 Å². The van der Waals surface area contributed by atoms with E-state index in [2.05, 4.69) is 26.8 Å². The number of ketones is 1. The summed E-state index contributed by atoms with van der Waals surface area (Å²) in [7, 11) is -4.67. The SMILES string of the molecule is CCCCOC1(C(C)=O)CCC2C3CC=C4CC(O)CCC4(C)C3CCC21C.O=S(=O)(O)O. The Hall–Kier alpha value is -0.800. The van der Waals surface area contributed by atoms with E-state index in [1.807, 2.05) is 0 Å². The van der Waals surface area contributed by atoms with E-state index in [9.17, 15) is 9.90 Å². The van der Waals surface area contributed by atoms with Crippen LogP contribution in [0.15, 0.2) is 11.6 Å². The molecule has 4 rings (SSSR count). The Labute approximate surface area is 198 Å². The van der Waals surface area contributed by atoms with Gasteiger partial charge < -0.3 is 9.84 Å². The minimum Gasteiger partial charge on any atom is -0.393 e. The van der Waals surface area contributed by atoms with E-state index >= 15 is 0 Å². The number of ether oxygens (including phenoxy) is 1. The van der Waals surface area contributed by atoms with Crippen molar-refractivity contribution < 1.29 is 32.2 Å². The van der Waals surface area contributed by atoms with Crippen LogP contribution in [-0.4, -0.2) is 46.7 Å². The lowest BCUT2D eigenvalue weighted by Crippen LogP contribution is -2.58. The maximum Gasteiger partial charge on any atom is 0.394 e. The van der Waals surface area contributed by atoms with Crippen LogP contribution in [0.4, 0.5) is 0 Å². The number of unbranched alkanes of at least 4 members (excludes halogenated alkanes) is 1. The average molecular weight is 487 g/mol. The zero-order valence-electron chi connectivity index (χ0n) is 20.5. The van der Waals surface area contributed by atoms with Gasteiger partial charge in [0.15, 0.2) is 5.78 Å². The van der Waals surface area contributed by atoms with Crippen LogP contribution in [0, 0.1) is 28.6 Å². The molecule has 0 aromatic heterocycles. The lowest BCUT2D eigenvalue weighted by molar-refractivity contribution is -0.175. The Kier molecular flexibility index (Phi) is 7.87. The number of fused-ring (bicyclic) bond motifs is 5. The average Bonchev–Trinajstić information content (AvgIpc) is 3.01. The zero-order chi connectivity index (χ0) is 24.7. The highest BCUT2D eigenvalue weighted by Gasteiger charge is 2.66. The molecule has 7 atom stereocenters. The molecule has 190 valence electrons. The van der Waals surface area contributed by atoms with Crippen LogP contribution < -0.4 is 0 Å². The minimum absolute atomic E-state index is 0.0242. The highest BCUT2D eigenvalue weighted by Crippen LogP contribution is 2.68. The number of allylic oxidation sites excluding steroid dienone is 1. The molecule has 0 aromatic rings. The first-order chi connectivity index (χ1) is 15.3. The number of carbonyl (C=O) groups excluding carboxylic acids is 1. The molecule has 33 heavy (non-hydrogen) atoms. The van der Waals surface area contributed by atoms with E-state index in [1.165, 1.54) is 12.0 Å². The molecule has 7 nitrogen and oxygen atoms in total. The predicted molar refractivity (Wildman–Crippen MR) is 126 cm³/mol. The van der Waals surface area contributed by atoms with Crippen LogP contribution in [0.5, 0.6) is 0 Å². The molecule has 0 aliphatic heterocycles. The van der Waals surface area contributed by atoms with E-state index < -0.39 is 16.0 Å². The number of aliphatic hydroxyl groups is 1. The van der Waals surface area contributed by atoms with Crippen LogP contribution in [0.2, 0.25) is 0 Å². The Bertz CT molecular complexity index is 860. The van der Waals surface area contributed by atoms with Crippen LogP contribution in [0.25, 0.3) is 0 Å². The van der Waals surface area contributed by atoms with Gasteiger partial charge in [0.2, 0.25) is 0 Å². The second kappa shape index (κ2) is 9.69. The van der Waals surface area contributed by atoms with Gasteiger partial charge in [0.05, 0.1) is 6.10 Å². The van der Waals surface area contributed by atoms with Gasteiger partial charge in [-0.05, 0) is 87.9 Å². The van der Waals surface area contributed by atoms with Gasteiger partial charge in [-0.15, -0.1) is 0 Å². The standard InChI is InChI=1S/C25H40O3.H2O4S/c1-5-6-15-28-25(17(2)26)14-11-22-20-8-7-18-16-19(27)9-12-23(18,3)21(20)10-13-24(22,25)4;1-5(2,3)4/h7,19-22,27H,5-6,8-16H2,1-4H3;(H2,1,2,3,4). The van der Waals surface area contributed by atoms with Crippen molar-refractivity contribution in [2.75, 3.05) is 6.61 Å². The van der Waals surface area contributed by atoms with Gasteiger partial charge >= 0.3 is 10.4 Å². The number of hydrogen-bond donors (Lipinski definition) is 3. The molecule has 0 spiro atoms. The normalized spacial score (nSPS) is 42.2. The number of aliphatic hydroxyl groups excluding tert-OH is 1. The van der Waals surface area contributed by atoms with E-state index in [1.54, 1.807) is 6.92 Å². The Morgan fingerprint density at radius 1 is 1.12 bits per heavy atom. The molecule has 7 unspecified atom stereocenters. The third-order valence-electron chi connectivity index (χ3n) is 9.61. The number of carbonyl (C=O) groups is 1. The largest absolute Gasteiger partial charge is 0.394 e. The smallest absolute Gasteiger partial charge is 0.393 e. The summed E-state index contributed by atoms with van der Waals surface area (Å²) in [5, 5.41) is 10.2. The van der Waals surface area contributed by atoms with Crippen molar-refractivity contribution >= 4 is 16.2 Å². The molecule has 0 amide bonds. The molecule has 4 aliphatic carbocycles. The summed E-state index contributed by atoms with van der Waals surface area (Å²) in [5.74, 6) is 2.21. The van der Waals surface area contributed by atoms with Crippen LogP contribution >= 0.6 is 0 Å². The Balaban J connectivity index is 0.000000555. The van der Waals surface area contributed by atoms with Crippen LogP contribution in [-0.2, 0) is 19.9 Å². The summed E-state index contributed by atoms with van der Waals surface area (Å²) in [6.07, 6.45) is 12.9. The third-order valence-corrected chi connectivity index (χ3v) is 9.61. The summed E-state index contributed by atoms with van der Waals surface area (Å²) in [6.45, 7) is 9.51. The third kappa shape index (κ3) is 4.96. The Morgan fingerprint density at radius 2 is 1.76 bits per heavy atom. The molecular formula is C25H42O7S. The highest BCUT2D eigenvalue weighted by atomic mass is 32.3. The maximum atomic E-state index is 12.9. The van der Waals surface area contributed by atoms with Gasteiger partial charge in [-0.2, -0.15) is 8.42 Å². The summed E-state index contributed by atoms with van der Waals surface area (Å²) in [5.41, 5.74) is 1.19. The van der Waals surface area contributed by atoms with Crippen LogP contribution in [0.3, 0.4) is 0 Å². The molecule has 0 aromatic carbocycles. The monoisotopic (exact) mass is 486 g/mol. The van der Waals surface area contributed by atoms with Gasteiger partial charge in [-0.25, -0.2) is 0 Å². The second-order valence-electron chi connectivity index (χ2n) is 11.2. The molecule has 3 fully saturated rings. The summed E-state index contributed by atoms with van der Waals surface area (Å²) in [6, 6.07) is 0. The molecule has 3 saturated carbocycles. The maximum absolute atomic E-state index is 12.9. The topological polar surface area (TPSA) is 121 Å². The number of rotatable bonds is 5. The van der Waals surface area contributed by atoms with Crippen molar-refractivity contribution in [3.8, 4) is 0 Å². The van der Waals surface area contributed by atoms with Gasteiger partial charge in [-0.1, -0.05) is 38.8 Å². The molecule has 8 heteroatoms. The first kappa shape index (κ1) is 26.8. The minimum atomic E-state index is -4.67. The van der Waals surface area contributed by atoms with Gasteiger partial charge in [0.25, 0.3) is 0 Å². The van der Waals surface area contributed by atoms with Crippen LogP contribution in [0.1, 0.15) is 91.9 Å². The number of Topliss-reactive ketones (excluding diaryl/α,β-unsaturated/α-hetero) is 1. The fourth-order valence-corrected chi connectivity index (χ4v) is 7.95. The van der Waals surface area contributed by atoms with Gasteiger partial charge in [0, 0.05) is 12.0 Å². The van der Waals surface area contributed by atoms with E-state index in [-0.39, 0.29) is 22.7 Å². The highest BCUT2D eigenvalue weighted by molar-refractivity contribution is 7.79. The molecular weight excluding hydrogens is 444 g/mol. The van der Waals surface area contributed by atoms with E-state index in [0.717, 1.165) is 57.8 Å². The molecule has 0 bridgehead atoms. The summed E-state index contributed by atoms with van der Waals surface area (Å²) < 4.78 is 38.1. The zero-order valence-corrected chi connectivity index (χ0v) is 21.4. The van der Waals surface area contributed by atoms with Crippen molar-refractivity contribution in [3.05, 3.63) is 11.6 Å². The second-order valence-corrected chi connectivity index (χ2v) is 12.1. The fraction of sp³-hybridized carbons (Fsp3) is 0.880. The van der Waals surface area contributed by atoms with Crippen molar-refractivity contribution in [2.24, 2.45) is 28.6 Å². The lowest BCUT2D eigenvalue weighted by atomic mass is 9.46. The number of hydrogen-bond acceptors (Lipinski definition) is 5. The van der Waals surface area contributed by atoms with E-state index in [0.29, 0.717) is 24.4 Å². The van der Waals surface area contributed by atoms with Crippen molar-refractivity contribution in [3.63, 3.8) is 0 Å². The first-order valence-corrected chi connectivity index (χ1v) is 13.9. The van der Waals surface area contributed by atoms with Crippen molar-refractivity contribution in [1.29, 1.82) is 0 Å². The molecule has 4 aliphatic rings. The molecule has 0 radical (unpaired) electrons. The first-order valence-electron chi connectivity index (χ1n) is 12.5. The van der Waals surface area contributed by atoms with Crippen molar-refractivity contribution in [1.82, 2.24) is 0 Å². The Morgan fingerprint density at radius 3 is 2.36 bits per heavy atom. The molecule has 0 heterocycles. The molecule has 3 N–H and O–H groups in total. The van der Waals surface area contributed by atoms with Crippen molar-refractivity contribution in [2.45, 2.75) is 104 Å². The molecule has 0 saturated heterocycles. The van der Waals surface area contributed by atoms with E-state index in [4.69, 9.17) is 22.3 Å². The quantitative estimate of drug-likeness (QED) is 0.290. The lowest BCUT2D eigenvalue weighted by Gasteiger charge is -2.59. The fourth-order valence-electron chi connectivity index (χ4n) is 7.95. The predicted octanol–water partition coefficient (Wildman–Crippen LogP) is 4.80.